The van der Waals surface area contributed by atoms with Gasteiger partial charge in [-0.25, -0.2) is 9.97 Å². The Morgan fingerprint density at radius 3 is 2.72 bits per heavy atom. The van der Waals surface area contributed by atoms with Crippen LogP contribution in [0, 0.1) is 11.3 Å². The number of aliphatic hydroxyl groups is 1. The summed E-state index contributed by atoms with van der Waals surface area (Å²) in [6, 6.07) is 17.8. The van der Waals surface area contributed by atoms with Crippen LogP contribution in [0.4, 0.5) is 5.69 Å². The number of ether oxygens (including phenoxy) is 2. The molecule has 1 aliphatic heterocycles. The van der Waals surface area contributed by atoms with Crippen molar-refractivity contribution in [3.63, 3.8) is 0 Å². The number of morpholine rings is 1. The Hall–Kier alpha value is -4.00. The molecule has 0 bridgehead atoms. The van der Waals surface area contributed by atoms with E-state index in [0.29, 0.717) is 23.6 Å². The summed E-state index contributed by atoms with van der Waals surface area (Å²) in [7, 11) is 0. The number of aromatic nitrogens is 2. The molecule has 0 aliphatic carbocycles. The summed E-state index contributed by atoms with van der Waals surface area (Å²) in [6.45, 7) is 3.62. The first-order valence-electron chi connectivity index (χ1n) is 11.9. The summed E-state index contributed by atoms with van der Waals surface area (Å²) in [6.07, 6.45) is 2.38. The average molecular weight is 488 g/mol. The van der Waals surface area contributed by atoms with Gasteiger partial charge in [0, 0.05) is 43.4 Å². The molecule has 0 spiro atoms. The van der Waals surface area contributed by atoms with Crippen LogP contribution in [0.2, 0.25) is 0 Å². The Morgan fingerprint density at radius 2 is 1.97 bits per heavy atom. The van der Waals surface area contributed by atoms with Crippen LogP contribution in [-0.2, 0) is 16.0 Å². The summed E-state index contributed by atoms with van der Waals surface area (Å²) in [5, 5.41) is 21.0. The minimum Gasteiger partial charge on any atom is -0.490 e. The number of nitriles is 1. The van der Waals surface area contributed by atoms with Gasteiger partial charge in [-0.2, -0.15) is 5.26 Å². The Balaban J connectivity index is 1.39. The van der Waals surface area contributed by atoms with E-state index in [0.717, 1.165) is 43.1 Å². The molecule has 36 heavy (non-hydrogen) atoms. The Bertz CT molecular complexity index is 1200. The fraction of sp³-hybridized carbons (Fsp3) is 0.333. The van der Waals surface area contributed by atoms with Crippen molar-refractivity contribution >= 4 is 11.6 Å². The van der Waals surface area contributed by atoms with Crippen LogP contribution in [0.3, 0.4) is 0 Å². The van der Waals surface area contributed by atoms with Crippen LogP contribution in [0.25, 0.3) is 11.3 Å². The number of carbonyl (C=O) groups is 1. The van der Waals surface area contributed by atoms with Gasteiger partial charge in [-0.15, -0.1) is 0 Å². The summed E-state index contributed by atoms with van der Waals surface area (Å²) in [5.41, 5.74) is 4.21. The largest absolute Gasteiger partial charge is 0.490 e. The van der Waals surface area contributed by atoms with Gasteiger partial charge in [0.25, 0.3) is 0 Å². The zero-order chi connectivity index (χ0) is 25.2. The molecule has 2 aromatic carbocycles. The van der Waals surface area contributed by atoms with E-state index in [2.05, 4.69) is 45.5 Å². The number of anilines is 1. The second-order valence-corrected chi connectivity index (χ2v) is 8.30. The first kappa shape index (κ1) is 25.1. The lowest BCUT2D eigenvalue weighted by atomic mass is 10.1. The van der Waals surface area contributed by atoms with Crippen molar-refractivity contribution in [2.24, 2.45) is 0 Å². The van der Waals surface area contributed by atoms with Crippen molar-refractivity contribution < 1.29 is 19.4 Å². The van der Waals surface area contributed by atoms with E-state index in [1.54, 1.807) is 18.3 Å². The van der Waals surface area contributed by atoms with Gasteiger partial charge in [-0.05, 0) is 42.0 Å². The van der Waals surface area contributed by atoms with Crippen molar-refractivity contribution in [2.45, 2.75) is 12.8 Å². The molecule has 1 aromatic heterocycles. The highest BCUT2D eigenvalue weighted by molar-refractivity contribution is 5.75. The number of aliphatic hydroxyl groups excluding tert-OH is 1. The van der Waals surface area contributed by atoms with E-state index in [4.69, 9.17) is 19.6 Å². The zero-order valence-electron chi connectivity index (χ0n) is 20.0. The van der Waals surface area contributed by atoms with Crippen LogP contribution >= 0.6 is 0 Å². The molecular weight excluding hydrogens is 458 g/mol. The van der Waals surface area contributed by atoms with Gasteiger partial charge in [0.1, 0.15) is 24.3 Å². The van der Waals surface area contributed by atoms with Crippen LogP contribution in [0.5, 0.6) is 5.75 Å². The van der Waals surface area contributed by atoms with Crippen LogP contribution in [-0.4, -0.2) is 67.0 Å². The summed E-state index contributed by atoms with van der Waals surface area (Å²) in [4.78, 5) is 22.9. The minimum absolute atomic E-state index is 0.0544. The predicted molar refractivity (Wildman–Crippen MR) is 135 cm³/mol. The molecule has 1 fully saturated rings. The van der Waals surface area contributed by atoms with E-state index in [9.17, 15) is 10.1 Å². The van der Waals surface area contributed by atoms with Gasteiger partial charge in [-0.3, -0.25) is 4.79 Å². The van der Waals surface area contributed by atoms with Crippen LogP contribution < -0.4 is 15.0 Å². The third-order valence-corrected chi connectivity index (χ3v) is 5.80. The Labute approximate surface area is 210 Å². The smallest absolute Gasteiger partial charge is 0.222 e. The molecule has 1 aliphatic rings. The van der Waals surface area contributed by atoms with Crippen molar-refractivity contribution in [3.8, 4) is 23.1 Å². The Morgan fingerprint density at radius 1 is 1.17 bits per heavy atom. The van der Waals surface area contributed by atoms with Gasteiger partial charge in [0.2, 0.25) is 5.91 Å². The third-order valence-electron chi connectivity index (χ3n) is 5.80. The highest BCUT2D eigenvalue weighted by atomic mass is 16.5. The van der Waals surface area contributed by atoms with E-state index >= 15 is 0 Å². The van der Waals surface area contributed by atoms with Crippen molar-refractivity contribution in [1.29, 1.82) is 5.26 Å². The molecule has 2 N–H and O–H groups in total. The number of nitrogens with zero attached hydrogens (tertiary/aromatic N) is 4. The van der Waals surface area contributed by atoms with E-state index in [1.165, 1.54) is 5.69 Å². The zero-order valence-corrected chi connectivity index (χ0v) is 20.0. The summed E-state index contributed by atoms with van der Waals surface area (Å²) in [5.74, 6) is 0.890. The first-order valence-corrected chi connectivity index (χ1v) is 11.9. The molecule has 186 valence electrons. The molecule has 3 aromatic rings. The summed E-state index contributed by atoms with van der Waals surface area (Å²) < 4.78 is 11.1. The van der Waals surface area contributed by atoms with Gasteiger partial charge < -0.3 is 24.8 Å². The van der Waals surface area contributed by atoms with E-state index in [-0.39, 0.29) is 32.1 Å². The number of hydrogen-bond acceptors (Lipinski definition) is 8. The predicted octanol–water partition coefficient (Wildman–Crippen LogP) is 2.32. The lowest BCUT2D eigenvalue weighted by Gasteiger charge is -2.28. The molecule has 0 unspecified atom stereocenters. The lowest BCUT2D eigenvalue weighted by Crippen LogP contribution is -2.36. The standard InChI is InChI=1S/C27H29N5O4/c28-19-22-18-21(3-6-25(22)36-14-10-30-27(34)8-13-33)24-7-9-29-26(31-24)17-20-1-4-23(5-2-20)32-11-15-35-16-12-32/h1-7,9,18,33H,8,10-17H2,(H,30,34). The quantitative estimate of drug-likeness (QED) is 0.418. The van der Waals surface area contributed by atoms with Gasteiger partial charge in [-0.1, -0.05) is 12.1 Å². The molecule has 0 atom stereocenters. The van der Waals surface area contributed by atoms with Crippen molar-refractivity contribution in [3.05, 3.63) is 71.7 Å². The highest BCUT2D eigenvalue weighted by Gasteiger charge is 2.12. The van der Waals surface area contributed by atoms with Gasteiger partial charge in [0.05, 0.1) is 37.6 Å². The fourth-order valence-corrected chi connectivity index (χ4v) is 3.92. The number of amides is 1. The van der Waals surface area contributed by atoms with Crippen LogP contribution in [0.1, 0.15) is 23.4 Å². The first-order chi connectivity index (χ1) is 17.7. The molecule has 4 rings (SSSR count). The van der Waals surface area contributed by atoms with E-state index < -0.39 is 0 Å². The number of rotatable bonds is 10. The van der Waals surface area contributed by atoms with Crippen LogP contribution in [0.15, 0.2) is 54.7 Å². The maximum Gasteiger partial charge on any atom is 0.222 e. The second kappa shape index (κ2) is 12.6. The van der Waals surface area contributed by atoms with Gasteiger partial charge in [0.15, 0.2) is 0 Å². The number of hydrogen-bond donors (Lipinski definition) is 2. The molecule has 1 saturated heterocycles. The second-order valence-electron chi connectivity index (χ2n) is 8.30. The Kier molecular flexibility index (Phi) is 8.81. The normalized spacial score (nSPS) is 13.2. The molecule has 1 amide bonds. The monoisotopic (exact) mass is 487 g/mol. The maximum atomic E-state index is 11.4. The third kappa shape index (κ3) is 6.78. The summed E-state index contributed by atoms with van der Waals surface area (Å²) >= 11 is 0. The van der Waals surface area contributed by atoms with Crippen molar-refractivity contribution in [2.75, 3.05) is 51.0 Å². The molecule has 9 heteroatoms. The topological polar surface area (TPSA) is 121 Å². The number of carbonyl (C=O) groups excluding carboxylic acids is 1. The molecular formula is C27H29N5O4. The molecule has 0 saturated carbocycles. The highest BCUT2D eigenvalue weighted by Crippen LogP contribution is 2.26. The number of benzene rings is 2. The molecule has 0 radical (unpaired) electrons. The maximum absolute atomic E-state index is 11.4. The average Bonchev–Trinajstić information content (AvgIpc) is 2.92. The fourth-order valence-electron chi connectivity index (χ4n) is 3.92. The lowest BCUT2D eigenvalue weighted by molar-refractivity contribution is -0.121. The molecule has 9 nitrogen and oxygen atoms in total. The number of nitrogens with one attached hydrogen (secondary N) is 1. The SMILES string of the molecule is N#Cc1cc(-c2ccnc(Cc3ccc(N4CCOCC4)cc3)n2)ccc1OCCNC(=O)CCO. The van der Waals surface area contributed by atoms with Crippen molar-refractivity contribution in [1.82, 2.24) is 15.3 Å². The van der Waals surface area contributed by atoms with E-state index in [1.807, 2.05) is 12.1 Å². The molecule has 2 heterocycles. The van der Waals surface area contributed by atoms with Gasteiger partial charge >= 0.3 is 0 Å². The minimum atomic E-state index is -0.246.